The summed E-state index contributed by atoms with van der Waals surface area (Å²) in [6.45, 7) is 5.34. The first-order valence-corrected chi connectivity index (χ1v) is 8.76. The second-order valence-electron chi connectivity index (χ2n) is 5.97. The minimum Gasteiger partial charge on any atom is -0.383 e. The maximum atomic E-state index is 12.5. The van der Waals surface area contributed by atoms with Gasteiger partial charge in [-0.05, 0) is 31.0 Å². The number of ether oxygens (including phenoxy) is 1. The van der Waals surface area contributed by atoms with E-state index in [9.17, 15) is 4.79 Å². The fourth-order valence-corrected chi connectivity index (χ4v) is 2.77. The average Bonchev–Trinajstić information content (AvgIpc) is 3.11. The first kappa shape index (κ1) is 18.0. The summed E-state index contributed by atoms with van der Waals surface area (Å²) in [6, 6.07) is 5.40. The van der Waals surface area contributed by atoms with Gasteiger partial charge in [0.2, 0.25) is 0 Å². The van der Waals surface area contributed by atoms with Gasteiger partial charge in [0.05, 0.1) is 47.5 Å². The van der Waals surface area contributed by atoms with Crippen molar-refractivity contribution in [1.82, 2.24) is 19.7 Å². The van der Waals surface area contributed by atoms with E-state index in [0.717, 1.165) is 35.3 Å². The SMILES string of the molecule is CCc1nc2ccc(C(=O)Nc3cnn(CCOC)c3)cc2nc1CC. The number of hydrogen-bond donors (Lipinski definition) is 1. The Morgan fingerprint density at radius 2 is 1.88 bits per heavy atom. The largest absolute Gasteiger partial charge is 0.383 e. The zero-order valence-electron chi connectivity index (χ0n) is 15.3. The summed E-state index contributed by atoms with van der Waals surface area (Å²) in [4.78, 5) is 21.9. The molecule has 1 amide bonds. The van der Waals surface area contributed by atoms with Crippen molar-refractivity contribution in [3.05, 3.63) is 47.5 Å². The molecule has 1 N–H and O–H groups in total. The number of fused-ring (bicyclic) bond motifs is 1. The highest BCUT2D eigenvalue weighted by Gasteiger charge is 2.11. The van der Waals surface area contributed by atoms with Crippen molar-refractivity contribution in [2.75, 3.05) is 19.0 Å². The number of hydrogen-bond acceptors (Lipinski definition) is 5. The minimum absolute atomic E-state index is 0.197. The molecule has 136 valence electrons. The molecule has 2 aromatic heterocycles. The zero-order chi connectivity index (χ0) is 18.5. The molecular weight excluding hydrogens is 330 g/mol. The summed E-state index contributed by atoms with van der Waals surface area (Å²) in [5, 5.41) is 7.05. The Morgan fingerprint density at radius 3 is 2.58 bits per heavy atom. The molecular formula is C19H23N5O2. The van der Waals surface area contributed by atoms with Crippen molar-refractivity contribution in [2.24, 2.45) is 0 Å². The highest BCUT2D eigenvalue weighted by atomic mass is 16.5. The number of nitrogens with one attached hydrogen (secondary N) is 1. The van der Waals surface area contributed by atoms with Gasteiger partial charge in [-0.2, -0.15) is 5.10 Å². The van der Waals surface area contributed by atoms with Gasteiger partial charge in [0.25, 0.3) is 5.91 Å². The molecule has 0 aliphatic rings. The zero-order valence-corrected chi connectivity index (χ0v) is 15.3. The molecule has 1 aromatic carbocycles. The molecule has 0 spiro atoms. The number of aromatic nitrogens is 4. The summed E-state index contributed by atoms with van der Waals surface area (Å²) in [6.07, 6.45) is 5.07. The van der Waals surface area contributed by atoms with Crippen molar-refractivity contribution >= 4 is 22.6 Å². The van der Waals surface area contributed by atoms with Crippen LogP contribution in [0.3, 0.4) is 0 Å². The molecule has 2 heterocycles. The average molecular weight is 353 g/mol. The normalized spacial score (nSPS) is 11.0. The Balaban J connectivity index is 1.80. The Morgan fingerprint density at radius 1 is 1.15 bits per heavy atom. The van der Waals surface area contributed by atoms with E-state index >= 15 is 0 Å². The quantitative estimate of drug-likeness (QED) is 0.706. The molecule has 0 bridgehead atoms. The first-order valence-electron chi connectivity index (χ1n) is 8.76. The molecule has 0 unspecified atom stereocenters. The maximum absolute atomic E-state index is 12.5. The predicted molar refractivity (Wildman–Crippen MR) is 100 cm³/mol. The second-order valence-corrected chi connectivity index (χ2v) is 5.97. The second kappa shape index (κ2) is 8.05. The van der Waals surface area contributed by atoms with Crippen LogP contribution < -0.4 is 5.32 Å². The molecule has 0 saturated carbocycles. The lowest BCUT2D eigenvalue weighted by Gasteiger charge is -2.08. The lowest BCUT2D eigenvalue weighted by molar-refractivity contribution is 0.102. The van der Waals surface area contributed by atoms with Crippen LogP contribution in [0.5, 0.6) is 0 Å². The van der Waals surface area contributed by atoms with Crippen molar-refractivity contribution < 1.29 is 9.53 Å². The van der Waals surface area contributed by atoms with Crippen LogP contribution in [0.15, 0.2) is 30.6 Å². The number of aryl methyl sites for hydroxylation is 2. The number of amides is 1. The molecule has 0 aliphatic carbocycles. The van der Waals surface area contributed by atoms with Crippen LogP contribution in [-0.4, -0.2) is 39.4 Å². The van der Waals surface area contributed by atoms with E-state index in [-0.39, 0.29) is 5.91 Å². The fourth-order valence-electron chi connectivity index (χ4n) is 2.77. The number of carbonyl (C=O) groups excluding carboxylic acids is 1. The number of methoxy groups -OCH3 is 1. The van der Waals surface area contributed by atoms with Crippen LogP contribution in [0, 0.1) is 0 Å². The van der Waals surface area contributed by atoms with Gasteiger partial charge in [0.15, 0.2) is 0 Å². The van der Waals surface area contributed by atoms with E-state index in [2.05, 4.69) is 34.2 Å². The van der Waals surface area contributed by atoms with Gasteiger partial charge in [0.1, 0.15) is 0 Å². The summed E-state index contributed by atoms with van der Waals surface area (Å²) in [5.74, 6) is -0.197. The Labute approximate surface area is 152 Å². The first-order chi connectivity index (χ1) is 12.6. The molecule has 0 saturated heterocycles. The van der Waals surface area contributed by atoms with Crippen molar-refractivity contribution in [1.29, 1.82) is 0 Å². The van der Waals surface area contributed by atoms with Gasteiger partial charge in [-0.15, -0.1) is 0 Å². The van der Waals surface area contributed by atoms with E-state index in [4.69, 9.17) is 4.74 Å². The topological polar surface area (TPSA) is 81.9 Å². The summed E-state index contributed by atoms with van der Waals surface area (Å²) in [7, 11) is 1.64. The lowest BCUT2D eigenvalue weighted by atomic mass is 10.1. The van der Waals surface area contributed by atoms with E-state index in [1.807, 2.05) is 6.07 Å². The molecule has 3 rings (SSSR count). The number of nitrogens with zero attached hydrogens (tertiary/aromatic N) is 4. The number of benzene rings is 1. The van der Waals surface area contributed by atoms with Gasteiger partial charge in [0, 0.05) is 18.9 Å². The highest BCUT2D eigenvalue weighted by Crippen LogP contribution is 2.17. The Bertz CT molecular complexity index is 919. The van der Waals surface area contributed by atoms with Gasteiger partial charge < -0.3 is 10.1 Å². The number of anilines is 1. The highest BCUT2D eigenvalue weighted by molar-refractivity contribution is 6.05. The van der Waals surface area contributed by atoms with Crippen LogP contribution in [0.4, 0.5) is 5.69 Å². The summed E-state index contributed by atoms with van der Waals surface area (Å²) in [5.41, 5.74) is 4.73. The van der Waals surface area contributed by atoms with Crippen LogP contribution in [0.25, 0.3) is 11.0 Å². The smallest absolute Gasteiger partial charge is 0.255 e. The third-order valence-corrected chi connectivity index (χ3v) is 4.17. The molecule has 7 heteroatoms. The molecule has 7 nitrogen and oxygen atoms in total. The Hall–Kier alpha value is -2.80. The van der Waals surface area contributed by atoms with Gasteiger partial charge >= 0.3 is 0 Å². The van der Waals surface area contributed by atoms with Gasteiger partial charge in [-0.25, -0.2) is 9.97 Å². The van der Waals surface area contributed by atoms with Crippen molar-refractivity contribution in [2.45, 2.75) is 33.2 Å². The van der Waals surface area contributed by atoms with E-state index in [0.29, 0.717) is 24.4 Å². The molecule has 3 aromatic rings. The van der Waals surface area contributed by atoms with Crippen molar-refractivity contribution in [3.8, 4) is 0 Å². The standard InChI is InChI=1S/C19H23N5O2/c1-4-15-16(5-2)23-18-10-13(6-7-17(18)22-15)19(25)21-14-11-20-24(12-14)8-9-26-3/h6-7,10-12H,4-5,8-9H2,1-3H3,(H,21,25). The van der Waals surface area contributed by atoms with E-state index in [1.54, 1.807) is 36.3 Å². The number of rotatable bonds is 7. The number of carbonyl (C=O) groups is 1. The summed E-state index contributed by atoms with van der Waals surface area (Å²) >= 11 is 0. The predicted octanol–water partition coefficient (Wildman–Crippen LogP) is 2.85. The van der Waals surface area contributed by atoms with Crippen LogP contribution in [0.2, 0.25) is 0 Å². The maximum Gasteiger partial charge on any atom is 0.255 e. The van der Waals surface area contributed by atoms with Crippen LogP contribution in [-0.2, 0) is 24.1 Å². The van der Waals surface area contributed by atoms with Gasteiger partial charge in [-0.1, -0.05) is 13.8 Å². The summed E-state index contributed by atoms with van der Waals surface area (Å²) < 4.78 is 6.75. The third kappa shape index (κ3) is 3.88. The minimum atomic E-state index is -0.197. The molecule has 26 heavy (non-hydrogen) atoms. The van der Waals surface area contributed by atoms with Crippen LogP contribution in [0.1, 0.15) is 35.6 Å². The third-order valence-electron chi connectivity index (χ3n) is 4.17. The molecule has 0 radical (unpaired) electrons. The van der Waals surface area contributed by atoms with Gasteiger partial charge in [-0.3, -0.25) is 9.48 Å². The van der Waals surface area contributed by atoms with Crippen molar-refractivity contribution in [3.63, 3.8) is 0 Å². The molecule has 0 atom stereocenters. The van der Waals surface area contributed by atoms with E-state index < -0.39 is 0 Å². The fraction of sp³-hybridized carbons (Fsp3) is 0.368. The Kier molecular flexibility index (Phi) is 5.58. The molecule has 0 aliphatic heterocycles. The monoisotopic (exact) mass is 353 g/mol. The molecule has 0 fully saturated rings. The van der Waals surface area contributed by atoms with Crippen LogP contribution >= 0.6 is 0 Å². The lowest BCUT2D eigenvalue weighted by Crippen LogP contribution is -2.12. The van der Waals surface area contributed by atoms with E-state index in [1.165, 1.54) is 0 Å².